The molecule has 6 heteroatoms. The van der Waals surface area contributed by atoms with E-state index in [1.54, 1.807) is 7.11 Å². The normalized spacial score (nSPS) is 18.3. The SMILES string of the molecule is COc1cccc(CC(=O)N2CCC[C@H]2COc2ccc(C(=O)N3CCCC3)cc2)c1. The fourth-order valence-electron chi connectivity index (χ4n) is 4.38. The van der Waals surface area contributed by atoms with Crippen molar-refractivity contribution in [1.82, 2.24) is 9.80 Å². The predicted octanol–water partition coefficient (Wildman–Crippen LogP) is 3.54. The van der Waals surface area contributed by atoms with E-state index in [1.807, 2.05) is 58.3 Å². The summed E-state index contributed by atoms with van der Waals surface area (Å²) in [6.45, 7) is 2.92. The van der Waals surface area contributed by atoms with Gasteiger partial charge in [-0.1, -0.05) is 12.1 Å². The monoisotopic (exact) mass is 422 g/mol. The molecule has 0 radical (unpaired) electrons. The molecule has 0 N–H and O–H groups in total. The summed E-state index contributed by atoms with van der Waals surface area (Å²) >= 11 is 0. The molecule has 2 amide bonds. The molecule has 6 nitrogen and oxygen atoms in total. The third-order valence-corrected chi connectivity index (χ3v) is 6.12. The van der Waals surface area contributed by atoms with Crippen molar-refractivity contribution in [1.29, 1.82) is 0 Å². The van der Waals surface area contributed by atoms with Crippen LogP contribution in [-0.4, -0.2) is 61.0 Å². The van der Waals surface area contributed by atoms with Gasteiger partial charge < -0.3 is 19.3 Å². The summed E-state index contributed by atoms with van der Waals surface area (Å²) in [5.41, 5.74) is 1.65. The number of rotatable bonds is 7. The molecule has 0 saturated carbocycles. The van der Waals surface area contributed by atoms with E-state index in [0.29, 0.717) is 18.6 Å². The number of ether oxygens (including phenoxy) is 2. The molecule has 0 aromatic heterocycles. The first kappa shape index (κ1) is 21.2. The summed E-state index contributed by atoms with van der Waals surface area (Å²) in [4.78, 5) is 29.2. The highest BCUT2D eigenvalue weighted by molar-refractivity contribution is 5.94. The van der Waals surface area contributed by atoms with Crippen LogP contribution in [-0.2, 0) is 11.2 Å². The number of hydrogen-bond donors (Lipinski definition) is 0. The van der Waals surface area contributed by atoms with Crippen molar-refractivity contribution < 1.29 is 19.1 Å². The Labute approximate surface area is 183 Å². The highest BCUT2D eigenvalue weighted by Gasteiger charge is 2.29. The van der Waals surface area contributed by atoms with Gasteiger partial charge in [-0.15, -0.1) is 0 Å². The summed E-state index contributed by atoms with van der Waals surface area (Å²) < 4.78 is 11.2. The van der Waals surface area contributed by atoms with Crippen LogP contribution in [0.15, 0.2) is 48.5 Å². The van der Waals surface area contributed by atoms with E-state index < -0.39 is 0 Å². The molecule has 0 bridgehead atoms. The molecular formula is C25H30N2O4. The molecule has 2 saturated heterocycles. The molecule has 0 aliphatic carbocycles. The van der Waals surface area contributed by atoms with Crippen LogP contribution in [0, 0.1) is 0 Å². The zero-order chi connectivity index (χ0) is 21.6. The van der Waals surface area contributed by atoms with Gasteiger partial charge in [0.25, 0.3) is 5.91 Å². The summed E-state index contributed by atoms with van der Waals surface area (Å²) in [6, 6.07) is 15.1. The number of methoxy groups -OCH3 is 1. The molecule has 2 aliphatic rings. The maximum absolute atomic E-state index is 12.9. The molecule has 2 heterocycles. The van der Waals surface area contributed by atoms with E-state index in [-0.39, 0.29) is 17.9 Å². The molecule has 2 aromatic carbocycles. The van der Waals surface area contributed by atoms with Crippen molar-refractivity contribution in [2.75, 3.05) is 33.4 Å². The maximum Gasteiger partial charge on any atom is 0.253 e. The van der Waals surface area contributed by atoms with Crippen molar-refractivity contribution in [2.24, 2.45) is 0 Å². The Morgan fingerprint density at radius 2 is 1.74 bits per heavy atom. The van der Waals surface area contributed by atoms with E-state index in [1.165, 1.54) is 0 Å². The second kappa shape index (κ2) is 9.86. The van der Waals surface area contributed by atoms with Crippen molar-refractivity contribution in [2.45, 2.75) is 38.1 Å². The quantitative estimate of drug-likeness (QED) is 0.685. The third-order valence-electron chi connectivity index (χ3n) is 6.12. The summed E-state index contributed by atoms with van der Waals surface area (Å²) in [5.74, 6) is 1.70. The van der Waals surface area contributed by atoms with Crippen LogP contribution >= 0.6 is 0 Å². The number of carbonyl (C=O) groups is 2. The molecule has 2 fully saturated rings. The van der Waals surface area contributed by atoms with Crippen LogP contribution in [0.1, 0.15) is 41.6 Å². The average Bonchev–Trinajstić information content (AvgIpc) is 3.50. The number of nitrogens with zero attached hydrogens (tertiary/aromatic N) is 2. The highest BCUT2D eigenvalue weighted by Crippen LogP contribution is 2.22. The molecular weight excluding hydrogens is 392 g/mol. The lowest BCUT2D eigenvalue weighted by Gasteiger charge is -2.25. The standard InChI is InChI=1S/C25H30N2O4/c1-30-23-8-4-6-19(16-23)17-24(28)27-15-5-7-21(27)18-31-22-11-9-20(10-12-22)25(29)26-13-2-3-14-26/h4,6,8-12,16,21H,2-3,5,7,13-15,17-18H2,1H3/t21-/m0/s1. The van der Waals surface area contributed by atoms with Crippen LogP contribution in [0.25, 0.3) is 0 Å². The van der Waals surface area contributed by atoms with E-state index in [4.69, 9.17) is 9.47 Å². The highest BCUT2D eigenvalue weighted by atomic mass is 16.5. The molecule has 2 aliphatic heterocycles. The van der Waals surface area contributed by atoms with Crippen molar-refractivity contribution in [3.63, 3.8) is 0 Å². The van der Waals surface area contributed by atoms with E-state index in [2.05, 4.69) is 0 Å². The minimum Gasteiger partial charge on any atom is -0.497 e. The molecule has 4 rings (SSSR count). The van der Waals surface area contributed by atoms with Gasteiger partial charge in [0.1, 0.15) is 18.1 Å². The Hall–Kier alpha value is -3.02. The second-order valence-electron chi connectivity index (χ2n) is 8.25. The molecule has 1 atom stereocenters. The number of benzene rings is 2. The fourth-order valence-corrected chi connectivity index (χ4v) is 4.38. The lowest BCUT2D eigenvalue weighted by atomic mass is 10.1. The molecule has 164 valence electrons. The Kier molecular flexibility index (Phi) is 6.75. The van der Waals surface area contributed by atoms with Crippen LogP contribution in [0.2, 0.25) is 0 Å². The van der Waals surface area contributed by atoms with Crippen LogP contribution in [0.3, 0.4) is 0 Å². The average molecular weight is 423 g/mol. The van der Waals surface area contributed by atoms with Gasteiger partial charge in [0, 0.05) is 25.2 Å². The van der Waals surface area contributed by atoms with Gasteiger partial charge in [-0.2, -0.15) is 0 Å². The Bertz CT molecular complexity index is 906. The predicted molar refractivity (Wildman–Crippen MR) is 119 cm³/mol. The number of carbonyl (C=O) groups excluding carboxylic acids is 2. The van der Waals surface area contributed by atoms with Gasteiger partial charge in [0.15, 0.2) is 0 Å². The number of likely N-dealkylation sites (tertiary alicyclic amines) is 2. The molecule has 0 spiro atoms. The fraction of sp³-hybridized carbons (Fsp3) is 0.440. The van der Waals surface area contributed by atoms with E-state index in [0.717, 1.165) is 62.4 Å². The largest absolute Gasteiger partial charge is 0.497 e. The van der Waals surface area contributed by atoms with Crippen molar-refractivity contribution in [3.05, 3.63) is 59.7 Å². The van der Waals surface area contributed by atoms with Gasteiger partial charge in [-0.3, -0.25) is 9.59 Å². The van der Waals surface area contributed by atoms with Gasteiger partial charge in [-0.05, 0) is 67.6 Å². The van der Waals surface area contributed by atoms with Crippen LogP contribution < -0.4 is 9.47 Å². The van der Waals surface area contributed by atoms with Gasteiger partial charge in [-0.25, -0.2) is 0 Å². The summed E-state index contributed by atoms with van der Waals surface area (Å²) in [5, 5.41) is 0. The number of hydrogen-bond acceptors (Lipinski definition) is 4. The Morgan fingerprint density at radius 1 is 0.968 bits per heavy atom. The topological polar surface area (TPSA) is 59.1 Å². The number of amides is 2. The van der Waals surface area contributed by atoms with Gasteiger partial charge in [0.2, 0.25) is 5.91 Å². The first-order valence-corrected chi connectivity index (χ1v) is 11.1. The lowest BCUT2D eigenvalue weighted by molar-refractivity contribution is -0.131. The minimum atomic E-state index is 0.0732. The Balaban J connectivity index is 1.31. The minimum absolute atomic E-state index is 0.0732. The van der Waals surface area contributed by atoms with Gasteiger partial charge >= 0.3 is 0 Å². The lowest BCUT2D eigenvalue weighted by Crippen LogP contribution is -2.39. The Morgan fingerprint density at radius 3 is 2.48 bits per heavy atom. The third kappa shape index (κ3) is 5.19. The smallest absolute Gasteiger partial charge is 0.253 e. The van der Waals surface area contributed by atoms with Crippen molar-refractivity contribution in [3.8, 4) is 11.5 Å². The molecule has 31 heavy (non-hydrogen) atoms. The van der Waals surface area contributed by atoms with Crippen molar-refractivity contribution >= 4 is 11.8 Å². The first-order valence-electron chi connectivity index (χ1n) is 11.1. The maximum atomic E-state index is 12.9. The van der Waals surface area contributed by atoms with E-state index >= 15 is 0 Å². The molecule has 2 aromatic rings. The zero-order valence-corrected chi connectivity index (χ0v) is 18.1. The summed E-state index contributed by atoms with van der Waals surface area (Å²) in [7, 11) is 1.63. The summed E-state index contributed by atoms with van der Waals surface area (Å²) in [6.07, 6.45) is 4.46. The molecule has 0 unspecified atom stereocenters. The van der Waals surface area contributed by atoms with Crippen LogP contribution in [0.5, 0.6) is 11.5 Å². The zero-order valence-electron chi connectivity index (χ0n) is 18.1. The van der Waals surface area contributed by atoms with Crippen LogP contribution in [0.4, 0.5) is 0 Å². The first-order chi connectivity index (χ1) is 15.1. The second-order valence-corrected chi connectivity index (χ2v) is 8.25. The van der Waals surface area contributed by atoms with E-state index in [9.17, 15) is 9.59 Å². The van der Waals surface area contributed by atoms with Gasteiger partial charge in [0.05, 0.1) is 19.6 Å².